The summed E-state index contributed by atoms with van der Waals surface area (Å²) >= 11 is 0. The molecule has 0 rings (SSSR count). The predicted molar refractivity (Wildman–Crippen MR) is 73.8 cm³/mol. The highest BCUT2D eigenvalue weighted by atomic mass is 16.6. The molecule has 0 saturated carbocycles. The molecule has 0 heterocycles. The highest BCUT2D eigenvalue weighted by Crippen LogP contribution is 2.11. The van der Waals surface area contributed by atoms with Crippen LogP contribution in [-0.2, 0) is 19.1 Å². The lowest BCUT2D eigenvalue weighted by atomic mass is 10.1. The largest absolute Gasteiger partial charge is 0.458 e. The van der Waals surface area contributed by atoms with Crippen LogP contribution in [0.1, 0.15) is 48.0 Å². The van der Waals surface area contributed by atoms with Gasteiger partial charge < -0.3 is 19.6 Å². The normalized spacial score (nSPS) is 13.6. The van der Waals surface area contributed by atoms with Gasteiger partial charge in [0, 0.05) is 6.42 Å². The number of carbonyl (C=O) groups excluding carboxylic acids is 2. The van der Waals surface area contributed by atoms with Gasteiger partial charge in [-0.05, 0) is 41.5 Å². The minimum Gasteiger partial charge on any atom is -0.458 e. The maximum Gasteiger partial charge on any atom is 0.408 e. The number of ether oxygens (including phenoxy) is 2. The molecular formula is C13H26N2O5. The summed E-state index contributed by atoms with van der Waals surface area (Å²) in [5.41, 5.74) is -1.29. The Morgan fingerprint density at radius 2 is 1.55 bits per heavy atom. The van der Waals surface area contributed by atoms with Crippen LogP contribution in [0, 0.1) is 0 Å². The van der Waals surface area contributed by atoms with Crippen molar-refractivity contribution in [2.45, 2.75) is 65.2 Å². The first-order valence-corrected chi connectivity index (χ1v) is 6.48. The zero-order valence-corrected chi connectivity index (χ0v) is 13.1. The predicted octanol–water partition coefficient (Wildman–Crippen LogP) is 1.50. The number of nitrogens with two attached hydrogens (primary N) is 1. The maximum atomic E-state index is 12.0. The Kier molecular flexibility index (Phi) is 6.95. The molecule has 0 aromatic rings. The smallest absolute Gasteiger partial charge is 0.408 e. The molecule has 118 valence electrons. The third-order valence-electron chi connectivity index (χ3n) is 1.91. The fourth-order valence-electron chi connectivity index (χ4n) is 1.26. The molecule has 1 atom stereocenters. The summed E-state index contributed by atoms with van der Waals surface area (Å²) in [4.78, 5) is 28.1. The van der Waals surface area contributed by atoms with Gasteiger partial charge in [0.1, 0.15) is 17.2 Å². The Hall–Kier alpha value is -1.34. The van der Waals surface area contributed by atoms with Crippen LogP contribution in [0.4, 0.5) is 4.79 Å². The van der Waals surface area contributed by atoms with Crippen molar-refractivity contribution >= 4 is 12.1 Å². The van der Waals surface area contributed by atoms with Gasteiger partial charge in [-0.25, -0.2) is 15.5 Å². The molecule has 0 saturated heterocycles. The number of hydrogen-bond acceptors (Lipinski definition) is 6. The van der Waals surface area contributed by atoms with E-state index in [9.17, 15) is 9.59 Å². The van der Waals surface area contributed by atoms with Crippen molar-refractivity contribution in [2.24, 2.45) is 5.90 Å². The molecule has 7 heteroatoms. The molecule has 0 aliphatic carbocycles. The molecule has 0 aliphatic heterocycles. The van der Waals surface area contributed by atoms with Crippen molar-refractivity contribution in [3.05, 3.63) is 0 Å². The third-order valence-corrected chi connectivity index (χ3v) is 1.91. The van der Waals surface area contributed by atoms with Crippen LogP contribution in [0.25, 0.3) is 0 Å². The van der Waals surface area contributed by atoms with E-state index in [-0.39, 0.29) is 13.0 Å². The van der Waals surface area contributed by atoms with E-state index in [2.05, 4.69) is 10.2 Å². The lowest BCUT2D eigenvalue weighted by molar-refractivity contribution is -0.158. The van der Waals surface area contributed by atoms with Crippen LogP contribution in [0.15, 0.2) is 0 Å². The van der Waals surface area contributed by atoms with Gasteiger partial charge in [-0.3, -0.25) is 0 Å². The summed E-state index contributed by atoms with van der Waals surface area (Å²) in [5.74, 6) is 4.39. The van der Waals surface area contributed by atoms with E-state index in [1.807, 2.05) is 0 Å². The zero-order chi connectivity index (χ0) is 16.0. The second kappa shape index (κ2) is 7.44. The molecule has 0 spiro atoms. The van der Waals surface area contributed by atoms with Gasteiger partial charge in [0.15, 0.2) is 0 Å². The Bertz CT molecular complexity index is 331. The standard InChI is InChI=1S/C13H26N2O5/c1-12(2,3)19-10(16)9(7-8-18-14)15-11(17)20-13(4,5)6/h9H,7-8,14H2,1-6H3,(H,15,17). The monoisotopic (exact) mass is 290 g/mol. The fraction of sp³-hybridized carbons (Fsp3) is 0.846. The molecule has 1 unspecified atom stereocenters. The van der Waals surface area contributed by atoms with E-state index < -0.39 is 29.3 Å². The summed E-state index contributed by atoms with van der Waals surface area (Å²) < 4.78 is 10.3. The summed E-state index contributed by atoms with van der Waals surface area (Å²) in [6.07, 6.45) is -0.490. The van der Waals surface area contributed by atoms with Crippen LogP contribution in [0.5, 0.6) is 0 Å². The van der Waals surface area contributed by atoms with Gasteiger partial charge in [0.25, 0.3) is 0 Å². The number of amides is 1. The molecular weight excluding hydrogens is 264 g/mol. The first kappa shape index (κ1) is 18.7. The third kappa shape index (κ3) is 9.57. The van der Waals surface area contributed by atoms with Crippen molar-refractivity contribution in [1.82, 2.24) is 5.32 Å². The lowest BCUT2D eigenvalue weighted by Gasteiger charge is -2.26. The van der Waals surface area contributed by atoms with Gasteiger partial charge in [-0.1, -0.05) is 0 Å². The topological polar surface area (TPSA) is 99.9 Å². The molecule has 0 fully saturated rings. The van der Waals surface area contributed by atoms with E-state index in [0.29, 0.717) is 0 Å². The van der Waals surface area contributed by atoms with Crippen LogP contribution in [-0.4, -0.2) is 35.9 Å². The lowest BCUT2D eigenvalue weighted by Crippen LogP contribution is -2.46. The van der Waals surface area contributed by atoms with Gasteiger partial charge in [0.2, 0.25) is 0 Å². The second-order valence-corrected chi connectivity index (χ2v) is 6.39. The maximum absolute atomic E-state index is 12.0. The van der Waals surface area contributed by atoms with Gasteiger partial charge in [-0.15, -0.1) is 0 Å². The van der Waals surface area contributed by atoms with E-state index in [1.54, 1.807) is 41.5 Å². The average molecular weight is 290 g/mol. The molecule has 7 nitrogen and oxygen atoms in total. The van der Waals surface area contributed by atoms with E-state index >= 15 is 0 Å². The Morgan fingerprint density at radius 3 is 1.95 bits per heavy atom. The molecule has 20 heavy (non-hydrogen) atoms. The molecule has 1 amide bonds. The number of alkyl carbamates (subject to hydrolysis) is 1. The quantitative estimate of drug-likeness (QED) is 0.588. The summed E-state index contributed by atoms with van der Waals surface area (Å²) in [7, 11) is 0. The fourth-order valence-corrected chi connectivity index (χ4v) is 1.26. The Balaban J connectivity index is 4.63. The Labute approximate surface area is 120 Å². The minimum absolute atomic E-state index is 0.111. The number of nitrogens with one attached hydrogen (secondary N) is 1. The zero-order valence-electron chi connectivity index (χ0n) is 13.1. The molecule has 0 aromatic carbocycles. The average Bonchev–Trinajstić information content (AvgIpc) is 2.18. The van der Waals surface area contributed by atoms with Crippen molar-refractivity contribution < 1.29 is 23.9 Å². The Morgan fingerprint density at radius 1 is 1.05 bits per heavy atom. The molecule has 0 aliphatic rings. The summed E-state index contributed by atoms with van der Waals surface area (Å²) in [6, 6.07) is -0.868. The number of hydrogen-bond donors (Lipinski definition) is 2. The number of carbonyl (C=O) groups is 2. The van der Waals surface area contributed by atoms with Crippen LogP contribution in [0.2, 0.25) is 0 Å². The van der Waals surface area contributed by atoms with E-state index in [0.717, 1.165) is 0 Å². The van der Waals surface area contributed by atoms with Crippen molar-refractivity contribution in [3.8, 4) is 0 Å². The second-order valence-electron chi connectivity index (χ2n) is 6.39. The van der Waals surface area contributed by atoms with Crippen LogP contribution >= 0.6 is 0 Å². The van der Waals surface area contributed by atoms with E-state index in [1.165, 1.54) is 0 Å². The van der Waals surface area contributed by atoms with Gasteiger partial charge >= 0.3 is 12.1 Å². The SMILES string of the molecule is CC(C)(C)OC(=O)NC(CCON)C(=O)OC(C)(C)C. The van der Waals surface area contributed by atoms with Crippen LogP contribution in [0.3, 0.4) is 0 Å². The molecule has 0 aromatic heterocycles. The number of esters is 1. The minimum atomic E-state index is -0.868. The highest BCUT2D eigenvalue weighted by Gasteiger charge is 2.28. The van der Waals surface area contributed by atoms with Gasteiger partial charge in [-0.2, -0.15) is 0 Å². The van der Waals surface area contributed by atoms with Gasteiger partial charge in [0.05, 0.1) is 6.61 Å². The van der Waals surface area contributed by atoms with Crippen molar-refractivity contribution in [2.75, 3.05) is 6.61 Å². The van der Waals surface area contributed by atoms with Crippen molar-refractivity contribution in [1.29, 1.82) is 0 Å². The number of rotatable bonds is 5. The first-order valence-electron chi connectivity index (χ1n) is 6.48. The molecule has 0 bridgehead atoms. The molecule has 3 N–H and O–H groups in total. The van der Waals surface area contributed by atoms with Crippen molar-refractivity contribution in [3.63, 3.8) is 0 Å². The van der Waals surface area contributed by atoms with E-state index in [4.69, 9.17) is 15.4 Å². The highest BCUT2D eigenvalue weighted by molar-refractivity contribution is 5.81. The molecule has 0 radical (unpaired) electrons. The van der Waals surface area contributed by atoms with Crippen LogP contribution < -0.4 is 11.2 Å². The first-order chi connectivity index (χ1) is 8.94. The summed E-state index contributed by atoms with van der Waals surface area (Å²) in [5, 5.41) is 2.46. The summed E-state index contributed by atoms with van der Waals surface area (Å²) in [6.45, 7) is 10.5.